The third-order valence-corrected chi connectivity index (χ3v) is 5.30. The first-order valence-corrected chi connectivity index (χ1v) is 14.9. The molecule has 0 fully saturated rings. The molecule has 0 bridgehead atoms. The summed E-state index contributed by atoms with van der Waals surface area (Å²) in [5.74, 6) is -4.44. The van der Waals surface area contributed by atoms with Crippen LogP contribution in [0.5, 0.6) is 0 Å². The highest BCUT2D eigenvalue weighted by Crippen LogP contribution is 2.01. The van der Waals surface area contributed by atoms with Crippen molar-refractivity contribution < 1.29 is 79.5 Å². The van der Waals surface area contributed by atoms with E-state index in [9.17, 15) is 24.0 Å². The van der Waals surface area contributed by atoms with Crippen molar-refractivity contribution in [2.24, 2.45) is 0 Å². The summed E-state index contributed by atoms with van der Waals surface area (Å²) in [7, 11) is 0. The summed E-state index contributed by atoms with van der Waals surface area (Å²) in [6.07, 6.45) is -0.988. The molecule has 0 heterocycles. The second kappa shape index (κ2) is 30.5. The number of hydrogen-bond acceptors (Lipinski definition) is 7. The Kier molecular flexibility index (Phi) is 27.1. The van der Waals surface area contributed by atoms with Crippen LogP contribution in [0.2, 0.25) is 0 Å². The SMILES string of the molecule is O=C(O)C=Cc1ccccc1.O=C(O)O.O=C(O)O.O=C(O)c1ccccc1.O=C(O)c1ccccc1.O=C(O)c1ccccc1.O=C(O)c1ccccc1. The van der Waals surface area contributed by atoms with E-state index in [1.807, 2.05) is 30.3 Å². The smallest absolute Gasteiger partial charge is 0.478 e. The minimum absolute atomic E-state index is 0.331. The molecule has 288 valence electrons. The van der Waals surface area contributed by atoms with Crippen molar-refractivity contribution in [1.29, 1.82) is 0 Å². The molecule has 0 atom stereocenters. The Morgan fingerprint density at radius 2 is 0.491 bits per heavy atom. The van der Waals surface area contributed by atoms with E-state index in [0.717, 1.165) is 11.6 Å². The Hall–Kier alpha value is -8.27. The highest BCUT2D eigenvalue weighted by molar-refractivity contribution is 5.88. The van der Waals surface area contributed by atoms with E-state index < -0.39 is 42.2 Å². The highest BCUT2D eigenvalue weighted by Gasteiger charge is 1.99. The molecule has 0 radical (unpaired) electrons. The number of rotatable bonds is 6. The van der Waals surface area contributed by atoms with Gasteiger partial charge < -0.3 is 46.0 Å². The predicted octanol–water partition coefficient (Wildman–Crippen LogP) is 7.77. The molecule has 55 heavy (non-hydrogen) atoms. The maximum absolute atomic E-state index is 10.2. The van der Waals surface area contributed by atoms with Gasteiger partial charge >= 0.3 is 42.2 Å². The monoisotopic (exact) mass is 760 g/mol. The molecular formula is C39H36O16. The average molecular weight is 761 g/mol. The zero-order valence-corrected chi connectivity index (χ0v) is 28.5. The van der Waals surface area contributed by atoms with Gasteiger partial charge in [0, 0.05) is 6.08 Å². The molecule has 0 aliphatic rings. The van der Waals surface area contributed by atoms with Crippen molar-refractivity contribution in [3.63, 3.8) is 0 Å². The lowest BCUT2D eigenvalue weighted by Gasteiger charge is -1.88. The first-order chi connectivity index (χ1) is 26.0. The fourth-order valence-corrected chi connectivity index (χ4v) is 3.05. The van der Waals surface area contributed by atoms with E-state index in [-0.39, 0.29) is 0 Å². The minimum Gasteiger partial charge on any atom is -0.478 e. The lowest BCUT2D eigenvalue weighted by Crippen LogP contribution is -1.93. The van der Waals surface area contributed by atoms with Crippen LogP contribution in [0.3, 0.4) is 0 Å². The quantitative estimate of drug-likeness (QED) is 0.0746. The molecule has 16 heteroatoms. The molecule has 0 saturated carbocycles. The number of aliphatic carboxylic acids is 1. The van der Waals surface area contributed by atoms with Gasteiger partial charge in [0.25, 0.3) is 0 Å². The van der Waals surface area contributed by atoms with Gasteiger partial charge in [-0.05, 0) is 60.2 Å². The Balaban J connectivity index is 0. The molecular weight excluding hydrogens is 724 g/mol. The number of carboxylic acids is 5. The van der Waals surface area contributed by atoms with E-state index in [4.69, 9.17) is 55.5 Å². The van der Waals surface area contributed by atoms with E-state index in [1.54, 1.807) is 127 Å². The number of benzene rings is 5. The van der Waals surface area contributed by atoms with Gasteiger partial charge in [-0.25, -0.2) is 33.6 Å². The molecule has 5 aromatic rings. The Bertz CT molecular complexity index is 1660. The van der Waals surface area contributed by atoms with Gasteiger partial charge in [-0.1, -0.05) is 103 Å². The first-order valence-electron chi connectivity index (χ1n) is 14.9. The summed E-state index contributed by atoms with van der Waals surface area (Å²) in [6.45, 7) is 0. The van der Waals surface area contributed by atoms with Crippen molar-refractivity contribution in [2.75, 3.05) is 0 Å². The largest absolute Gasteiger partial charge is 0.503 e. The zero-order valence-electron chi connectivity index (χ0n) is 28.5. The molecule has 16 nitrogen and oxygen atoms in total. The van der Waals surface area contributed by atoms with Crippen LogP contribution in [-0.2, 0) is 4.79 Å². The Morgan fingerprint density at radius 1 is 0.309 bits per heavy atom. The van der Waals surface area contributed by atoms with Gasteiger partial charge in [0.1, 0.15) is 0 Å². The lowest BCUT2D eigenvalue weighted by molar-refractivity contribution is -0.131. The van der Waals surface area contributed by atoms with E-state index >= 15 is 0 Å². The van der Waals surface area contributed by atoms with E-state index in [1.165, 1.54) is 0 Å². The molecule has 0 unspecified atom stereocenters. The number of carbonyl (C=O) groups is 7. The van der Waals surface area contributed by atoms with Crippen molar-refractivity contribution in [1.82, 2.24) is 0 Å². The summed E-state index contributed by atoms with van der Waals surface area (Å²) < 4.78 is 0. The van der Waals surface area contributed by atoms with E-state index in [2.05, 4.69) is 0 Å². The number of aromatic carboxylic acids is 4. The molecule has 5 rings (SSSR count). The second-order valence-corrected chi connectivity index (χ2v) is 9.33. The molecule has 9 N–H and O–H groups in total. The predicted molar refractivity (Wildman–Crippen MR) is 198 cm³/mol. The van der Waals surface area contributed by atoms with E-state index in [0.29, 0.717) is 22.3 Å². The van der Waals surface area contributed by atoms with Gasteiger partial charge in [0.2, 0.25) is 0 Å². The maximum Gasteiger partial charge on any atom is 0.503 e. The molecule has 0 aromatic heterocycles. The van der Waals surface area contributed by atoms with Crippen molar-refractivity contribution >= 4 is 48.2 Å². The van der Waals surface area contributed by atoms with Gasteiger partial charge in [0.05, 0.1) is 22.3 Å². The average Bonchev–Trinajstić information content (AvgIpc) is 3.16. The van der Waals surface area contributed by atoms with Gasteiger partial charge in [-0.15, -0.1) is 0 Å². The van der Waals surface area contributed by atoms with Crippen LogP contribution < -0.4 is 0 Å². The van der Waals surface area contributed by atoms with Gasteiger partial charge in [0.15, 0.2) is 0 Å². The molecule has 0 amide bonds. The molecule has 5 aromatic carbocycles. The summed E-state index contributed by atoms with van der Waals surface area (Å²) >= 11 is 0. The fourth-order valence-electron chi connectivity index (χ4n) is 3.05. The number of hydrogen-bond donors (Lipinski definition) is 9. The minimum atomic E-state index is -1.83. The third-order valence-electron chi connectivity index (χ3n) is 5.30. The van der Waals surface area contributed by atoms with Crippen molar-refractivity contribution in [3.8, 4) is 0 Å². The topological polar surface area (TPSA) is 302 Å². The van der Waals surface area contributed by atoms with Crippen LogP contribution >= 0.6 is 0 Å². The zero-order chi connectivity index (χ0) is 42.0. The molecule has 0 aliphatic carbocycles. The fraction of sp³-hybridized carbons (Fsp3) is 0. The summed E-state index contributed by atoms with van der Waals surface area (Å²) in [4.78, 5) is 68.0. The number of carboxylic acid groups (broad SMARTS) is 9. The van der Waals surface area contributed by atoms with Gasteiger partial charge in [-0.3, -0.25) is 0 Å². The van der Waals surface area contributed by atoms with Crippen LogP contribution in [-0.4, -0.2) is 88.1 Å². The summed E-state index contributed by atoms with van der Waals surface area (Å²) in [6, 6.07) is 42.5. The van der Waals surface area contributed by atoms with Gasteiger partial charge in [-0.2, -0.15) is 0 Å². The summed E-state index contributed by atoms with van der Waals surface area (Å²) in [5, 5.41) is 69.7. The second-order valence-electron chi connectivity index (χ2n) is 9.33. The summed E-state index contributed by atoms with van der Waals surface area (Å²) in [5.41, 5.74) is 2.22. The molecule has 0 saturated heterocycles. The van der Waals surface area contributed by atoms with Crippen molar-refractivity contribution in [2.45, 2.75) is 0 Å². The molecule has 0 aliphatic heterocycles. The standard InChI is InChI=1S/C9H8O2.4C7H6O2.2CH2O3/c10-9(11)7-6-8-4-2-1-3-5-8;4*8-7(9)6-4-2-1-3-5-6;2*2-1(3)4/h1-7H,(H,10,11);4*1-5H,(H,8,9);2*(H2,2,3,4). The Labute approximate surface area is 313 Å². The van der Waals surface area contributed by atoms with Crippen LogP contribution in [0.4, 0.5) is 9.59 Å². The lowest BCUT2D eigenvalue weighted by atomic mass is 10.2. The maximum atomic E-state index is 10.2. The first kappa shape index (κ1) is 48.8. The Morgan fingerprint density at radius 3 is 0.636 bits per heavy atom. The highest BCUT2D eigenvalue weighted by atomic mass is 16.6. The van der Waals surface area contributed by atoms with Crippen LogP contribution in [0.25, 0.3) is 6.08 Å². The van der Waals surface area contributed by atoms with Crippen molar-refractivity contribution in [3.05, 3.63) is 186 Å². The normalized spacial score (nSPS) is 8.73. The van der Waals surface area contributed by atoms with Crippen LogP contribution in [0.15, 0.2) is 158 Å². The third kappa shape index (κ3) is 31.5. The van der Waals surface area contributed by atoms with Crippen LogP contribution in [0.1, 0.15) is 47.0 Å². The van der Waals surface area contributed by atoms with Crippen LogP contribution in [0, 0.1) is 0 Å². The molecule has 0 spiro atoms.